The zero-order valence-electron chi connectivity index (χ0n) is 11.5. The van der Waals surface area contributed by atoms with Gasteiger partial charge in [0.15, 0.2) is 5.58 Å². The standard InChI is InChI=1S/C18H11NO3/c20-17(14-9-5-7-12-6-1-2-8-13(12)14)19-15-10-3-4-11-16(15)22-18(19)21/h1-11H. The summed E-state index contributed by atoms with van der Waals surface area (Å²) in [5.74, 6) is -1.05. The smallest absolute Gasteiger partial charge is 0.407 e. The van der Waals surface area contributed by atoms with E-state index in [1.165, 1.54) is 0 Å². The van der Waals surface area contributed by atoms with Crippen LogP contribution in [-0.4, -0.2) is 10.5 Å². The number of carbonyl (C=O) groups excluding carboxylic acids is 1. The van der Waals surface area contributed by atoms with Gasteiger partial charge in [-0.3, -0.25) is 4.79 Å². The minimum absolute atomic E-state index is 0.383. The molecule has 0 aliphatic rings. The van der Waals surface area contributed by atoms with E-state index in [-0.39, 0.29) is 5.91 Å². The van der Waals surface area contributed by atoms with Crippen LogP contribution in [0.2, 0.25) is 0 Å². The number of rotatable bonds is 1. The van der Waals surface area contributed by atoms with Crippen molar-refractivity contribution in [3.05, 3.63) is 82.8 Å². The maximum atomic E-state index is 12.9. The number of oxazole rings is 1. The van der Waals surface area contributed by atoms with Gasteiger partial charge in [0.05, 0.1) is 5.52 Å². The SMILES string of the molecule is O=C(c1cccc2ccccc12)n1c(=O)oc2ccccc21. The van der Waals surface area contributed by atoms with Crippen molar-refractivity contribution in [1.82, 2.24) is 4.57 Å². The van der Waals surface area contributed by atoms with Crippen LogP contribution in [0.3, 0.4) is 0 Å². The van der Waals surface area contributed by atoms with Gasteiger partial charge in [0, 0.05) is 5.56 Å². The summed E-state index contributed by atoms with van der Waals surface area (Å²) >= 11 is 0. The predicted molar refractivity (Wildman–Crippen MR) is 84.2 cm³/mol. The fourth-order valence-corrected chi connectivity index (χ4v) is 2.69. The number of para-hydroxylation sites is 2. The van der Waals surface area contributed by atoms with Crippen molar-refractivity contribution in [2.24, 2.45) is 0 Å². The molecule has 4 rings (SSSR count). The van der Waals surface area contributed by atoms with Gasteiger partial charge in [-0.1, -0.05) is 48.5 Å². The molecule has 1 aromatic heterocycles. The van der Waals surface area contributed by atoms with Crippen molar-refractivity contribution < 1.29 is 9.21 Å². The van der Waals surface area contributed by atoms with Crippen molar-refractivity contribution in [2.75, 3.05) is 0 Å². The summed E-state index contributed by atoms with van der Waals surface area (Å²) in [6.45, 7) is 0. The molecule has 4 aromatic rings. The quantitative estimate of drug-likeness (QED) is 0.539. The Balaban J connectivity index is 2.01. The van der Waals surface area contributed by atoms with Gasteiger partial charge >= 0.3 is 5.76 Å². The summed E-state index contributed by atoms with van der Waals surface area (Å²) in [5, 5.41) is 1.77. The summed E-state index contributed by atoms with van der Waals surface area (Å²) < 4.78 is 6.22. The maximum Gasteiger partial charge on any atom is 0.427 e. The first kappa shape index (κ1) is 12.6. The normalized spacial score (nSPS) is 11.1. The number of hydrogen-bond acceptors (Lipinski definition) is 3. The minimum atomic E-state index is -0.667. The van der Waals surface area contributed by atoms with Crippen molar-refractivity contribution in [1.29, 1.82) is 0 Å². The molecule has 0 amide bonds. The van der Waals surface area contributed by atoms with E-state index >= 15 is 0 Å². The molecular weight excluding hydrogens is 278 g/mol. The van der Waals surface area contributed by atoms with Gasteiger partial charge in [-0.15, -0.1) is 0 Å². The van der Waals surface area contributed by atoms with E-state index in [1.807, 2.05) is 36.4 Å². The molecule has 4 nitrogen and oxygen atoms in total. The molecule has 0 saturated carbocycles. The third-order valence-corrected chi connectivity index (χ3v) is 3.71. The van der Waals surface area contributed by atoms with Gasteiger partial charge in [0.1, 0.15) is 0 Å². The van der Waals surface area contributed by atoms with E-state index in [2.05, 4.69) is 0 Å². The molecule has 0 unspecified atom stereocenters. The Bertz CT molecular complexity index is 1070. The van der Waals surface area contributed by atoms with Gasteiger partial charge in [-0.05, 0) is 29.0 Å². The molecule has 4 heteroatoms. The van der Waals surface area contributed by atoms with Gasteiger partial charge in [0.25, 0.3) is 5.91 Å². The Kier molecular flexibility index (Phi) is 2.69. The highest BCUT2D eigenvalue weighted by molar-refractivity contribution is 6.10. The third-order valence-electron chi connectivity index (χ3n) is 3.71. The van der Waals surface area contributed by atoms with Crippen LogP contribution in [0, 0.1) is 0 Å². The largest absolute Gasteiger partial charge is 0.427 e. The Labute approximate surface area is 125 Å². The monoisotopic (exact) mass is 289 g/mol. The highest BCUT2D eigenvalue weighted by Gasteiger charge is 2.18. The molecule has 0 spiro atoms. The average Bonchev–Trinajstić information content (AvgIpc) is 2.89. The van der Waals surface area contributed by atoms with Crippen molar-refractivity contribution in [3.8, 4) is 0 Å². The van der Waals surface area contributed by atoms with Crippen LogP contribution in [0.5, 0.6) is 0 Å². The number of nitrogens with zero attached hydrogens (tertiary/aromatic N) is 1. The third kappa shape index (κ3) is 1.78. The first-order valence-corrected chi connectivity index (χ1v) is 6.89. The molecule has 0 N–H and O–H groups in total. The predicted octanol–water partition coefficient (Wildman–Crippen LogP) is 3.44. The number of hydrogen-bond donors (Lipinski definition) is 0. The zero-order chi connectivity index (χ0) is 15.1. The molecule has 0 radical (unpaired) electrons. The summed E-state index contributed by atoms with van der Waals surface area (Å²) in [6.07, 6.45) is 0. The Hall–Kier alpha value is -3.14. The van der Waals surface area contributed by atoms with Crippen LogP contribution < -0.4 is 5.76 Å². The fraction of sp³-hybridized carbons (Fsp3) is 0. The molecule has 3 aromatic carbocycles. The summed E-state index contributed by atoms with van der Waals surface area (Å²) in [6, 6.07) is 19.9. The summed E-state index contributed by atoms with van der Waals surface area (Å²) in [4.78, 5) is 24.9. The minimum Gasteiger partial charge on any atom is -0.407 e. The van der Waals surface area contributed by atoms with Crippen molar-refractivity contribution in [3.63, 3.8) is 0 Å². The van der Waals surface area contributed by atoms with Crippen LogP contribution >= 0.6 is 0 Å². The summed E-state index contributed by atoms with van der Waals surface area (Å²) in [5.41, 5.74) is 1.36. The van der Waals surface area contributed by atoms with Crippen LogP contribution in [0.1, 0.15) is 10.4 Å². The Morgan fingerprint density at radius 3 is 2.50 bits per heavy atom. The van der Waals surface area contributed by atoms with Gasteiger partial charge in [-0.25, -0.2) is 9.36 Å². The molecule has 0 saturated heterocycles. The van der Waals surface area contributed by atoms with E-state index in [0.29, 0.717) is 16.7 Å². The lowest BCUT2D eigenvalue weighted by Gasteiger charge is -2.05. The molecular formula is C18H11NO3. The Morgan fingerprint density at radius 1 is 0.864 bits per heavy atom. The molecule has 0 atom stereocenters. The topological polar surface area (TPSA) is 52.2 Å². The fourth-order valence-electron chi connectivity index (χ4n) is 2.69. The number of fused-ring (bicyclic) bond motifs is 2. The van der Waals surface area contributed by atoms with Crippen LogP contribution in [0.25, 0.3) is 21.9 Å². The van der Waals surface area contributed by atoms with E-state index in [4.69, 9.17) is 4.42 Å². The lowest BCUT2D eigenvalue weighted by Crippen LogP contribution is -2.23. The van der Waals surface area contributed by atoms with Crippen molar-refractivity contribution in [2.45, 2.75) is 0 Å². The molecule has 106 valence electrons. The average molecular weight is 289 g/mol. The molecule has 1 heterocycles. The molecule has 0 fully saturated rings. The van der Waals surface area contributed by atoms with E-state index in [0.717, 1.165) is 15.3 Å². The Morgan fingerprint density at radius 2 is 1.59 bits per heavy atom. The van der Waals surface area contributed by atoms with Crippen LogP contribution in [0.4, 0.5) is 0 Å². The summed E-state index contributed by atoms with van der Waals surface area (Å²) in [7, 11) is 0. The second-order valence-electron chi connectivity index (χ2n) is 5.00. The van der Waals surface area contributed by atoms with Gasteiger partial charge < -0.3 is 4.42 Å². The van der Waals surface area contributed by atoms with Gasteiger partial charge in [-0.2, -0.15) is 0 Å². The van der Waals surface area contributed by atoms with Gasteiger partial charge in [0.2, 0.25) is 0 Å². The molecule has 0 aliphatic heterocycles. The maximum absolute atomic E-state index is 12.9. The lowest BCUT2D eigenvalue weighted by molar-refractivity contribution is 0.0958. The number of aromatic nitrogens is 1. The van der Waals surface area contributed by atoms with E-state index < -0.39 is 5.76 Å². The second kappa shape index (κ2) is 4.70. The molecule has 22 heavy (non-hydrogen) atoms. The number of carbonyl (C=O) groups is 1. The zero-order valence-corrected chi connectivity index (χ0v) is 11.5. The van der Waals surface area contributed by atoms with Crippen LogP contribution in [0.15, 0.2) is 75.9 Å². The number of benzene rings is 3. The van der Waals surface area contributed by atoms with Crippen molar-refractivity contribution >= 4 is 27.8 Å². The first-order valence-electron chi connectivity index (χ1n) is 6.89. The molecule has 0 aliphatic carbocycles. The highest BCUT2D eigenvalue weighted by Crippen LogP contribution is 2.21. The lowest BCUT2D eigenvalue weighted by atomic mass is 10.0. The highest BCUT2D eigenvalue weighted by atomic mass is 16.4. The first-order chi connectivity index (χ1) is 10.8. The van der Waals surface area contributed by atoms with Crippen LogP contribution in [-0.2, 0) is 0 Å². The van der Waals surface area contributed by atoms with E-state index in [1.54, 1.807) is 30.3 Å². The second-order valence-corrected chi connectivity index (χ2v) is 5.00. The molecule has 0 bridgehead atoms. The van der Waals surface area contributed by atoms with E-state index in [9.17, 15) is 9.59 Å².